The molecule has 0 aliphatic rings. The molecule has 0 aromatic carbocycles. The Balaban J connectivity index is 2.06. The van der Waals surface area contributed by atoms with Crippen LogP contribution in [-0.4, -0.2) is 22.1 Å². The molecule has 0 unspecified atom stereocenters. The number of aryl methyl sites for hydroxylation is 2. The van der Waals surface area contributed by atoms with E-state index in [0.717, 1.165) is 23.5 Å². The van der Waals surface area contributed by atoms with Crippen molar-refractivity contribution in [2.24, 2.45) is 0 Å². The molecule has 0 atom stereocenters. The fourth-order valence-electron chi connectivity index (χ4n) is 2.41. The van der Waals surface area contributed by atoms with E-state index in [4.69, 9.17) is 9.72 Å². The summed E-state index contributed by atoms with van der Waals surface area (Å²) in [6, 6.07) is 7.88. The summed E-state index contributed by atoms with van der Waals surface area (Å²) in [5.41, 5.74) is 2.81. The number of pyridine rings is 1. The van der Waals surface area contributed by atoms with Gasteiger partial charge in [0.15, 0.2) is 5.82 Å². The smallest absolute Gasteiger partial charge is 0.216 e. The number of hydrogen-bond donors (Lipinski definition) is 0. The van der Waals surface area contributed by atoms with Crippen LogP contribution in [0.1, 0.15) is 50.4 Å². The Hall–Kier alpha value is -1.97. The van der Waals surface area contributed by atoms with Gasteiger partial charge in [-0.25, -0.2) is 9.97 Å². The van der Waals surface area contributed by atoms with Crippen LogP contribution < -0.4 is 4.74 Å². The molecule has 0 aliphatic heterocycles. The zero-order valence-corrected chi connectivity index (χ0v) is 13.8. The SMILES string of the molecule is CCCCCCCc1cccc(-c2nc(C)cc(OC)n2)n1. The zero-order valence-electron chi connectivity index (χ0n) is 13.8. The number of methoxy groups -OCH3 is 1. The molecule has 2 heterocycles. The number of ether oxygens (including phenoxy) is 1. The summed E-state index contributed by atoms with van der Waals surface area (Å²) in [6.45, 7) is 4.17. The van der Waals surface area contributed by atoms with Crippen LogP contribution in [0, 0.1) is 6.92 Å². The van der Waals surface area contributed by atoms with E-state index in [-0.39, 0.29) is 0 Å². The highest BCUT2D eigenvalue weighted by molar-refractivity contribution is 5.50. The van der Waals surface area contributed by atoms with Gasteiger partial charge in [0.25, 0.3) is 0 Å². The van der Waals surface area contributed by atoms with E-state index in [9.17, 15) is 0 Å². The lowest BCUT2D eigenvalue weighted by atomic mass is 10.1. The highest BCUT2D eigenvalue weighted by Crippen LogP contribution is 2.18. The van der Waals surface area contributed by atoms with E-state index >= 15 is 0 Å². The first-order valence-corrected chi connectivity index (χ1v) is 8.09. The molecule has 0 spiro atoms. The van der Waals surface area contributed by atoms with Gasteiger partial charge >= 0.3 is 0 Å². The molecule has 118 valence electrons. The molecular weight excluding hydrogens is 274 g/mol. The van der Waals surface area contributed by atoms with Crippen molar-refractivity contribution in [2.75, 3.05) is 7.11 Å². The van der Waals surface area contributed by atoms with Crippen molar-refractivity contribution in [3.05, 3.63) is 35.7 Å². The minimum absolute atomic E-state index is 0.578. The molecular formula is C18H25N3O. The maximum Gasteiger partial charge on any atom is 0.216 e. The number of rotatable bonds is 8. The lowest BCUT2D eigenvalue weighted by molar-refractivity contribution is 0.397. The summed E-state index contributed by atoms with van der Waals surface area (Å²) >= 11 is 0. The van der Waals surface area contributed by atoms with Gasteiger partial charge in [-0.05, 0) is 31.9 Å². The summed E-state index contributed by atoms with van der Waals surface area (Å²) < 4.78 is 5.21. The first-order valence-electron chi connectivity index (χ1n) is 8.09. The normalized spacial score (nSPS) is 10.7. The Morgan fingerprint density at radius 1 is 1.00 bits per heavy atom. The minimum atomic E-state index is 0.578. The van der Waals surface area contributed by atoms with Crippen LogP contribution in [0.25, 0.3) is 11.5 Å². The number of aromatic nitrogens is 3. The van der Waals surface area contributed by atoms with E-state index in [1.54, 1.807) is 7.11 Å². The number of unbranched alkanes of at least 4 members (excludes halogenated alkanes) is 4. The standard InChI is InChI=1S/C18H25N3O/c1-4-5-6-7-8-10-15-11-9-12-16(20-15)18-19-14(2)13-17(21-18)22-3/h9,11-13H,4-8,10H2,1-3H3. The van der Waals surface area contributed by atoms with E-state index < -0.39 is 0 Å². The van der Waals surface area contributed by atoms with Crippen molar-refractivity contribution in [3.8, 4) is 17.4 Å². The summed E-state index contributed by atoms with van der Waals surface area (Å²) in [5, 5.41) is 0. The van der Waals surface area contributed by atoms with Crippen molar-refractivity contribution >= 4 is 0 Å². The molecule has 2 rings (SSSR count). The van der Waals surface area contributed by atoms with Crippen LogP contribution in [0.5, 0.6) is 5.88 Å². The maximum atomic E-state index is 5.21. The summed E-state index contributed by atoms with van der Waals surface area (Å²) in [7, 11) is 1.62. The van der Waals surface area contributed by atoms with Crippen molar-refractivity contribution in [3.63, 3.8) is 0 Å². The quantitative estimate of drug-likeness (QED) is 0.679. The van der Waals surface area contributed by atoms with Crippen molar-refractivity contribution in [2.45, 2.75) is 52.4 Å². The lowest BCUT2D eigenvalue weighted by Gasteiger charge is -2.06. The van der Waals surface area contributed by atoms with Crippen molar-refractivity contribution < 1.29 is 4.74 Å². The zero-order chi connectivity index (χ0) is 15.8. The highest BCUT2D eigenvalue weighted by Gasteiger charge is 2.07. The Bertz CT molecular complexity index is 599. The van der Waals surface area contributed by atoms with E-state index in [1.807, 2.05) is 25.1 Å². The largest absolute Gasteiger partial charge is 0.481 e. The first-order chi connectivity index (χ1) is 10.7. The molecule has 22 heavy (non-hydrogen) atoms. The van der Waals surface area contributed by atoms with Crippen LogP contribution in [0.15, 0.2) is 24.3 Å². The molecule has 0 amide bonds. The molecule has 2 aromatic heterocycles. The molecule has 4 heteroatoms. The third-order valence-electron chi connectivity index (χ3n) is 3.61. The van der Waals surface area contributed by atoms with Crippen LogP contribution in [0.2, 0.25) is 0 Å². The molecule has 0 saturated heterocycles. The number of hydrogen-bond acceptors (Lipinski definition) is 4. The van der Waals surface area contributed by atoms with Gasteiger partial charge in [0.2, 0.25) is 5.88 Å². The van der Waals surface area contributed by atoms with Gasteiger partial charge in [-0.15, -0.1) is 0 Å². The predicted octanol–water partition coefficient (Wildman–Crippen LogP) is 4.37. The van der Waals surface area contributed by atoms with E-state index in [1.165, 1.54) is 32.1 Å². The monoisotopic (exact) mass is 299 g/mol. The molecule has 4 nitrogen and oxygen atoms in total. The maximum absolute atomic E-state index is 5.21. The molecule has 0 saturated carbocycles. The second kappa shape index (κ2) is 8.47. The Morgan fingerprint density at radius 3 is 2.59 bits per heavy atom. The highest BCUT2D eigenvalue weighted by atomic mass is 16.5. The van der Waals surface area contributed by atoms with Crippen LogP contribution in [0.4, 0.5) is 0 Å². The molecule has 0 bridgehead atoms. The minimum Gasteiger partial charge on any atom is -0.481 e. The van der Waals surface area contributed by atoms with Crippen molar-refractivity contribution in [1.29, 1.82) is 0 Å². The fourth-order valence-corrected chi connectivity index (χ4v) is 2.41. The lowest BCUT2D eigenvalue weighted by Crippen LogP contribution is -1.99. The van der Waals surface area contributed by atoms with E-state index in [0.29, 0.717) is 11.7 Å². The fraction of sp³-hybridized carbons (Fsp3) is 0.500. The third-order valence-corrected chi connectivity index (χ3v) is 3.61. The average Bonchev–Trinajstić information content (AvgIpc) is 2.54. The Kier molecular flexibility index (Phi) is 6.31. The third kappa shape index (κ3) is 4.79. The van der Waals surface area contributed by atoms with Crippen LogP contribution in [-0.2, 0) is 6.42 Å². The van der Waals surface area contributed by atoms with Crippen LogP contribution in [0.3, 0.4) is 0 Å². The Morgan fingerprint density at radius 2 is 1.82 bits per heavy atom. The summed E-state index contributed by atoms with van der Waals surface area (Å²) in [6.07, 6.45) is 7.39. The molecule has 0 N–H and O–H groups in total. The number of nitrogens with zero attached hydrogens (tertiary/aromatic N) is 3. The summed E-state index contributed by atoms with van der Waals surface area (Å²) in [5.74, 6) is 1.21. The van der Waals surface area contributed by atoms with Gasteiger partial charge in [-0.2, -0.15) is 4.98 Å². The predicted molar refractivity (Wildman–Crippen MR) is 89.0 cm³/mol. The topological polar surface area (TPSA) is 47.9 Å². The van der Waals surface area contributed by atoms with Gasteiger partial charge in [-0.1, -0.05) is 38.7 Å². The molecule has 2 aromatic rings. The first kappa shape index (κ1) is 16.4. The average molecular weight is 299 g/mol. The van der Waals surface area contributed by atoms with Crippen molar-refractivity contribution in [1.82, 2.24) is 15.0 Å². The summed E-state index contributed by atoms with van der Waals surface area (Å²) in [4.78, 5) is 13.5. The van der Waals surface area contributed by atoms with Gasteiger partial charge in [0.1, 0.15) is 5.69 Å². The second-order valence-electron chi connectivity index (χ2n) is 5.55. The Labute approximate surface area is 133 Å². The second-order valence-corrected chi connectivity index (χ2v) is 5.55. The van der Waals surface area contributed by atoms with Gasteiger partial charge in [0, 0.05) is 17.5 Å². The van der Waals surface area contributed by atoms with Gasteiger partial charge in [0.05, 0.1) is 7.11 Å². The molecule has 0 radical (unpaired) electrons. The molecule has 0 fully saturated rings. The van der Waals surface area contributed by atoms with Gasteiger partial charge in [-0.3, -0.25) is 0 Å². The van der Waals surface area contributed by atoms with Gasteiger partial charge < -0.3 is 4.74 Å². The van der Waals surface area contributed by atoms with Crippen LogP contribution >= 0.6 is 0 Å². The molecule has 0 aliphatic carbocycles. The van der Waals surface area contributed by atoms with E-state index in [2.05, 4.69) is 23.0 Å².